The fourth-order valence-corrected chi connectivity index (χ4v) is 3.30. The topological polar surface area (TPSA) is 12.5 Å². The lowest BCUT2D eigenvalue weighted by molar-refractivity contribution is -0.159. The van der Waals surface area contributed by atoms with E-state index in [0.29, 0.717) is 12.1 Å². The molecule has 0 saturated heterocycles. The molecular formula is C19H17F2NO. The van der Waals surface area contributed by atoms with Crippen LogP contribution in [0.15, 0.2) is 43.0 Å². The van der Waals surface area contributed by atoms with Gasteiger partial charge in [-0.15, -0.1) is 0 Å². The molecule has 0 unspecified atom stereocenters. The second kappa shape index (κ2) is 4.82. The maximum absolute atomic E-state index is 13.4. The molecule has 0 spiro atoms. The third-order valence-electron chi connectivity index (χ3n) is 4.56. The van der Waals surface area contributed by atoms with Crippen LogP contribution in [0.1, 0.15) is 29.2 Å². The van der Waals surface area contributed by atoms with E-state index in [1.165, 1.54) is 11.1 Å². The van der Waals surface area contributed by atoms with E-state index in [1.807, 2.05) is 6.07 Å². The number of ether oxygens (including phenoxy) is 1. The van der Waals surface area contributed by atoms with Gasteiger partial charge in [-0.25, -0.2) is 0 Å². The summed E-state index contributed by atoms with van der Waals surface area (Å²) in [7, 11) is 0. The number of aryl methyl sites for hydroxylation is 1. The summed E-state index contributed by atoms with van der Waals surface area (Å²) < 4.78 is 31.4. The van der Waals surface area contributed by atoms with Crippen LogP contribution in [0.5, 0.6) is 5.75 Å². The Morgan fingerprint density at radius 2 is 2.00 bits per heavy atom. The number of nitrogens with zero attached hydrogens (tertiary/aromatic N) is 1. The van der Waals surface area contributed by atoms with Crippen LogP contribution in [0.3, 0.4) is 0 Å². The van der Waals surface area contributed by atoms with Crippen LogP contribution in [-0.4, -0.2) is 6.11 Å². The Morgan fingerprint density at radius 1 is 1.17 bits per heavy atom. The first-order chi connectivity index (χ1) is 11.0. The van der Waals surface area contributed by atoms with Gasteiger partial charge < -0.3 is 9.64 Å². The lowest BCUT2D eigenvalue weighted by Crippen LogP contribution is -2.20. The highest BCUT2D eigenvalue weighted by Gasteiger charge is 2.40. The van der Waals surface area contributed by atoms with Gasteiger partial charge in [0.05, 0.1) is 6.42 Å². The molecule has 2 aromatic carbocycles. The average Bonchev–Trinajstić information content (AvgIpc) is 3.01. The summed E-state index contributed by atoms with van der Waals surface area (Å²) in [5.41, 5.74) is 5.98. The summed E-state index contributed by atoms with van der Waals surface area (Å²) in [5.74, 6) is 0.273. The monoisotopic (exact) mass is 313 g/mol. The van der Waals surface area contributed by atoms with E-state index in [2.05, 4.69) is 41.3 Å². The average molecular weight is 313 g/mol. The van der Waals surface area contributed by atoms with E-state index in [4.69, 9.17) is 0 Å². The van der Waals surface area contributed by atoms with Crippen molar-refractivity contribution >= 4 is 11.4 Å². The number of fused-ring (bicyclic) bond motifs is 2. The first-order valence-corrected chi connectivity index (χ1v) is 7.75. The Bertz CT molecular complexity index is 813. The van der Waals surface area contributed by atoms with E-state index >= 15 is 0 Å². The van der Waals surface area contributed by atoms with Crippen molar-refractivity contribution < 1.29 is 13.5 Å². The van der Waals surface area contributed by atoms with E-state index in [-0.39, 0.29) is 12.2 Å². The molecule has 4 heteroatoms. The van der Waals surface area contributed by atoms with Crippen molar-refractivity contribution in [3.63, 3.8) is 0 Å². The number of anilines is 1. The number of benzene rings is 2. The highest BCUT2D eigenvalue weighted by atomic mass is 19.3. The number of rotatable bonds is 2. The minimum Gasteiger partial charge on any atom is -0.432 e. The Morgan fingerprint density at radius 3 is 2.78 bits per heavy atom. The summed E-state index contributed by atoms with van der Waals surface area (Å²) in [5, 5.41) is 0. The SMILES string of the molecule is C=C1c2cc(CC)ccc2CN1c1ccc2c(c1)CC(F)(F)O2. The van der Waals surface area contributed by atoms with Crippen LogP contribution in [0.4, 0.5) is 14.5 Å². The van der Waals surface area contributed by atoms with Gasteiger partial charge in [-0.2, -0.15) is 8.78 Å². The Kier molecular flexibility index (Phi) is 2.98. The maximum Gasteiger partial charge on any atom is 0.402 e. The molecule has 2 aromatic rings. The van der Waals surface area contributed by atoms with E-state index < -0.39 is 6.11 Å². The van der Waals surface area contributed by atoms with Gasteiger partial charge in [0.25, 0.3) is 0 Å². The normalized spacial score (nSPS) is 17.9. The number of hydrogen-bond acceptors (Lipinski definition) is 2. The molecule has 0 bridgehead atoms. The quantitative estimate of drug-likeness (QED) is 0.792. The van der Waals surface area contributed by atoms with E-state index in [1.54, 1.807) is 12.1 Å². The maximum atomic E-state index is 13.4. The predicted octanol–water partition coefficient (Wildman–Crippen LogP) is 4.77. The molecule has 0 N–H and O–H groups in total. The molecule has 23 heavy (non-hydrogen) atoms. The summed E-state index contributed by atoms with van der Waals surface area (Å²) in [6.07, 6.45) is -2.49. The third kappa shape index (κ3) is 2.29. The molecule has 2 nitrogen and oxygen atoms in total. The van der Waals surface area contributed by atoms with Gasteiger partial charge >= 0.3 is 6.11 Å². The van der Waals surface area contributed by atoms with Crippen molar-refractivity contribution in [2.45, 2.75) is 32.4 Å². The highest BCUT2D eigenvalue weighted by Crippen LogP contribution is 2.42. The molecule has 0 aromatic heterocycles. The summed E-state index contributed by atoms with van der Waals surface area (Å²) >= 11 is 0. The predicted molar refractivity (Wildman–Crippen MR) is 86.8 cm³/mol. The number of alkyl halides is 2. The van der Waals surface area contributed by atoms with E-state index in [0.717, 1.165) is 23.4 Å². The van der Waals surface area contributed by atoms with Gasteiger partial charge in [0.1, 0.15) is 5.75 Å². The Hall–Kier alpha value is -2.36. The van der Waals surface area contributed by atoms with Crippen molar-refractivity contribution in [2.75, 3.05) is 4.90 Å². The van der Waals surface area contributed by atoms with Gasteiger partial charge in [0, 0.05) is 29.1 Å². The highest BCUT2D eigenvalue weighted by molar-refractivity contribution is 5.84. The molecule has 0 radical (unpaired) electrons. The zero-order chi connectivity index (χ0) is 16.2. The minimum atomic E-state index is -3.10. The molecule has 0 aliphatic carbocycles. The largest absolute Gasteiger partial charge is 0.432 e. The van der Waals surface area contributed by atoms with Crippen LogP contribution >= 0.6 is 0 Å². The van der Waals surface area contributed by atoms with Crippen molar-refractivity contribution in [1.29, 1.82) is 0 Å². The van der Waals surface area contributed by atoms with Gasteiger partial charge in [0.2, 0.25) is 0 Å². The first kappa shape index (κ1) is 14.2. The number of halogens is 2. The molecular weight excluding hydrogens is 296 g/mol. The zero-order valence-electron chi connectivity index (χ0n) is 12.9. The smallest absolute Gasteiger partial charge is 0.402 e. The standard InChI is InChI=1S/C19H17F2NO/c1-3-13-4-5-14-11-22(12(2)17(14)8-13)16-6-7-18-15(9-16)10-19(20,21)23-18/h4-9H,2-3,10-11H2,1H3. The molecule has 2 aliphatic rings. The molecule has 0 atom stereocenters. The molecule has 0 amide bonds. The van der Waals surface area contributed by atoms with Crippen molar-refractivity contribution in [3.05, 3.63) is 65.2 Å². The van der Waals surface area contributed by atoms with Crippen LogP contribution in [0.25, 0.3) is 5.70 Å². The lowest BCUT2D eigenvalue weighted by Gasteiger charge is -2.20. The Balaban J connectivity index is 1.67. The lowest BCUT2D eigenvalue weighted by atomic mass is 10.0. The third-order valence-corrected chi connectivity index (χ3v) is 4.56. The Labute approximate surface area is 134 Å². The zero-order valence-corrected chi connectivity index (χ0v) is 12.9. The van der Waals surface area contributed by atoms with Crippen molar-refractivity contribution in [3.8, 4) is 5.75 Å². The molecule has 0 saturated carbocycles. The van der Waals surface area contributed by atoms with E-state index in [9.17, 15) is 8.78 Å². The van der Waals surface area contributed by atoms with Crippen LogP contribution < -0.4 is 9.64 Å². The second-order valence-electron chi connectivity index (χ2n) is 6.09. The van der Waals surface area contributed by atoms with Crippen LogP contribution in [-0.2, 0) is 19.4 Å². The summed E-state index contributed by atoms with van der Waals surface area (Å²) in [6, 6.07) is 11.7. The van der Waals surface area contributed by atoms with Gasteiger partial charge in [-0.05, 0) is 41.8 Å². The van der Waals surface area contributed by atoms with Crippen molar-refractivity contribution in [2.24, 2.45) is 0 Å². The fraction of sp³-hybridized carbons (Fsp3) is 0.263. The van der Waals surface area contributed by atoms with Crippen LogP contribution in [0, 0.1) is 0 Å². The molecule has 2 aliphatic heterocycles. The molecule has 2 heterocycles. The fourth-order valence-electron chi connectivity index (χ4n) is 3.30. The van der Waals surface area contributed by atoms with Gasteiger partial charge in [0.15, 0.2) is 0 Å². The molecule has 0 fully saturated rings. The molecule has 4 rings (SSSR count). The van der Waals surface area contributed by atoms with Gasteiger partial charge in [-0.3, -0.25) is 0 Å². The van der Waals surface area contributed by atoms with Gasteiger partial charge in [-0.1, -0.05) is 25.6 Å². The van der Waals surface area contributed by atoms with Crippen molar-refractivity contribution in [1.82, 2.24) is 0 Å². The summed E-state index contributed by atoms with van der Waals surface area (Å²) in [6.45, 7) is 7.04. The minimum absolute atomic E-state index is 0.273. The van der Waals surface area contributed by atoms with Crippen LogP contribution in [0.2, 0.25) is 0 Å². The number of hydrogen-bond donors (Lipinski definition) is 0. The molecule has 118 valence electrons. The second-order valence-corrected chi connectivity index (χ2v) is 6.09. The first-order valence-electron chi connectivity index (χ1n) is 7.75. The summed E-state index contributed by atoms with van der Waals surface area (Å²) in [4.78, 5) is 2.07.